The number of nitrogens with zero attached hydrogens (tertiary/aromatic N) is 3. The Labute approximate surface area is 375 Å². The van der Waals surface area contributed by atoms with Gasteiger partial charge in [0, 0.05) is 6.42 Å². The highest BCUT2D eigenvalue weighted by atomic mass is 35.5. The Morgan fingerprint density at radius 2 is 1.60 bits per heavy atom. The van der Waals surface area contributed by atoms with Gasteiger partial charge in [-0.15, -0.1) is 0 Å². The average molecular weight is 902 g/mol. The van der Waals surface area contributed by atoms with Gasteiger partial charge in [-0.3, -0.25) is 19.7 Å². The van der Waals surface area contributed by atoms with Gasteiger partial charge in [0.1, 0.15) is 41.2 Å². The number of ether oxygens (including phenoxy) is 7. The zero-order valence-corrected chi connectivity index (χ0v) is 38.1. The molecule has 2 N–H and O–H groups in total. The topological polar surface area (TPSA) is 203 Å². The number of para-hydroxylation sites is 1. The van der Waals surface area contributed by atoms with Crippen LogP contribution in [0.1, 0.15) is 147 Å². The minimum Gasteiger partial charge on any atom is -0.498 e. The molecule has 17 nitrogen and oxygen atoms in total. The summed E-state index contributed by atoms with van der Waals surface area (Å²) >= 11 is 6.29. The van der Waals surface area contributed by atoms with Gasteiger partial charge in [0.2, 0.25) is 5.28 Å². The number of benzene rings is 1. The standard InChI is InChI=1S/C45H64ClN5O12/c1-6-7-8-9-10-11-12-13-14-15-16-17-18-23-37(53)62-34-22-20-19-21-33(34)42(55)59-27-32-24-25-36(61-32)51-29-47-39-40(48-43(46)50-41(39)51)49-44(56)63-45(3,4)26-38(54)58-28-35(60-30-52)31(2)57-5/h19-22,30,32,36,47H,6-18,23-29H2,1-5H3,(H,48,49,50,56)/b35-31-. The molecule has 0 aliphatic carbocycles. The molecule has 2 unspecified atom stereocenters. The van der Waals surface area contributed by atoms with Crippen molar-refractivity contribution in [3.8, 4) is 5.75 Å². The lowest BCUT2D eigenvalue weighted by atomic mass is 10.0. The number of rotatable bonds is 28. The first-order valence-corrected chi connectivity index (χ1v) is 22.4. The van der Waals surface area contributed by atoms with Crippen molar-refractivity contribution in [3.63, 3.8) is 0 Å². The molecule has 4 rings (SSSR count). The van der Waals surface area contributed by atoms with E-state index in [2.05, 4.69) is 27.5 Å². The van der Waals surface area contributed by atoms with Crippen molar-refractivity contribution in [2.75, 3.05) is 42.5 Å². The van der Waals surface area contributed by atoms with Crippen LogP contribution in [0.15, 0.2) is 35.8 Å². The maximum absolute atomic E-state index is 13.2. The first-order valence-electron chi connectivity index (χ1n) is 22.0. The summed E-state index contributed by atoms with van der Waals surface area (Å²) < 4.78 is 38.0. The van der Waals surface area contributed by atoms with Crippen molar-refractivity contribution in [1.82, 2.24) is 9.97 Å². The summed E-state index contributed by atoms with van der Waals surface area (Å²) in [4.78, 5) is 72.5. The predicted octanol–water partition coefficient (Wildman–Crippen LogP) is 9.38. The molecule has 2 atom stereocenters. The predicted molar refractivity (Wildman–Crippen MR) is 235 cm³/mol. The van der Waals surface area contributed by atoms with Crippen LogP contribution >= 0.6 is 11.6 Å². The molecular formula is C45H64ClN5O12. The van der Waals surface area contributed by atoms with E-state index in [0.29, 0.717) is 24.3 Å². The Morgan fingerprint density at radius 3 is 2.27 bits per heavy atom. The average Bonchev–Trinajstić information content (AvgIpc) is 3.90. The summed E-state index contributed by atoms with van der Waals surface area (Å²) in [5.41, 5.74) is -0.794. The molecule has 0 spiro atoms. The monoisotopic (exact) mass is 901 g/mol. The molecule has 2 aliphatic heterocycles. The number of carbonyl (C=O) groups is 5. The highest BCUT2D eigenvalue weighted by molar-refractivity contribution is 6.28. The number of aromatic nitrogens is 2. The van der Waals surface area contributed by atoms with Gasteiger partial charge in [0.15, 0.2) is 24.0 Å². The second-order valence-corrected chi connectivity index (χ2v) is 16.5. The largest absolute Gasteiger partial charge is 0.498 e. The number of halogens is 1. The summed E-state index contributed by atoms with van der Waals surface area (Å²) in [6.45, 7) is 6.85. The summed E-state index contributed by atoms with van der Waals surface area (Å²) in [6, 6.07) is 6.53. The third-order valence-corrected chi connectivity index (χ3v) is 10.8. The van der Waals surface area contributed by atoms with E-state index in [1.807, 2.05) is 4.90 Å². The van der Waals surface area contributed by atoms with E-state index in [1.165, 1.54) is 92.1 Å². The second-order valence-electron chi connectivity index (χ2n) is 16.2. The first kappa shape index (κ1) is 50.5. The number of anilines is 3. The summed E-state index contributed by atoms with van der Waals surface area (Å²) in [6.07, 6.45) is 15.0. The molecule has 1 saturated heterocycles. The van der Waals surface area contributed by atoms with Crippen LogP contribution < -0.4 is 20.3 Å². The van der Waals surface area contributed by atoms with Gasteiger partial charge in [-0.25, -0.2) is 9.59 Å². The van der Waals surface area contributed by atoms with Crippen molar-refractivity contribution >= 4 is 59.4 Å². The van der Waals surface area contributed by atoms with E-state index in [0.717, 1.165) is 19.3 Å². The second kappa shape index (κ2) is 26.5. The molecule has 1 amide bonds. The number of unbranched alkanes of at least 4 members (excludes halogenated alkanes) is 12. The van der Waals surface area contributed by atoms with E-state index in [9.17, 15) is 24.0 Å². The molecule has 1 fully saturated rings. The quantitative estimate of drug-likeness (QED) is 0.0155. The first-order chi connectivity index (χ1) is 30.3. The molecule has 2 aromatic rings. The van der Waals surface area contributed by atoms with Gasteiger partial charge < -0.3 is 43.4 Å². The third kappa shape index (κ3) is 17.1. The van der Waals surface area contributed by atoms with Crippen LogP contribution in [0.2, 0.25) is 5.28 Å². The van der Waals surface area contributed by atoms with Crippen molar-refractivity contribution in [1.29, 1.82) is 0 Å². The van der Waals surface area contributed by atoms with Gasteiger partial charge >= 0.3 is 24.0 Å². The number of amides is 1. The molecule has 1 aromatic carbocycles. The summed E-state index contributed by atoms with van der Waals surface area (Å²) in [5, 5.41) is 5.57. The van der Waals surface area contributed by atoms with E-state index in [4.69, 9.17) is 44.8 Å². The number of hydrogen-bond donors (Lipinski definition) is 2. The fourth-order valence-electron chi connectivity index (χ4n) is 7.18. The molecular weight excluding hydrogens is 838 g/mol. The maximum atomic E-state index is 13.2. The van der Waals surface area contributed by atoms with Gasteiger partial charge in [0.25, 0.3) is 6.47 Å². The molecule has 0 saturated carbocycles. The molecule has 1 aromatic heterocycles. The van der Waals surface area contributed by atoms with Crippen LogP contribution in [0.3, 0.4) is 0 Å². The minimum atomic E-state index is -1.32. The van der Waals surface area contributed by atoms with E-state index in [-0.39, 0.29) is 79.1 Å². The number of methoxy groups -OCH3 is 1. The van der Waals surface area contributed by atoms with Gasteiger partial charge in [-0.1, -0.05) is 96.1 Å². The zero-order valence-electron chi connectivity index (χ0n) is 37.3. The molecule has 3 heterocycles. The lowest BCUT2D eigenvalue weighted by molar-refractivity contribution is -0.149. The Hall–Kier alpha value is -5.16. The number of fused-ring (bicyclic) bond motifs is 1. The van der Waals surface area contributed by atoms with Crippen molar-refractivity contribution < 1.29 is 57.1 Å². The van der Waals surface area contributed by atoms with E-state index < -0.39 is 36.0 Å². The van der Waals surface area contributed by atoms with Crippen LogP contribution in [-0.4, -0.2) is 85.4 Å². The number of hydrogen-bond acceptors (Lipinski definition) is 16. The van der Waals surface area contributed by atoms with E-state index in [1.54, 1.807) is 24.3 Å². The molecule has 0 bridgehead atoms. The minimum absolute atomic E-state index is 0.0164. The highest BCUT2D eigenvalue weighted by Gasteiger charge is 2.37. The normalized spacial score (nSPS) is 16.0. The van der Waals surface area contributed by atoms with Crippen molar-refractivity contribution in [3.05, 3.63) is 46.6 Å². The van der Waals surface area contributed by atoms with Crippen LogP contribution in [0.5, 0.6) is 5.75 Å². The fraction of sp³-hybridized carbons (Fsp3) is 0.622. The molecule has 18 heteroatoms. The Bertz CT molecular complexity index is 1860. The lowest BCUT2D eigenvalue weighted by Crippen LogP contribution is -2.36. The summed E-state index contributed by atoms with van der Waals surface area (Å²) in [5.74, 6) is -0.898. The Kier molecular flexibility index (Phi) is 21.2. The van der Waals surface area contributed by atoms with Crippen LogP contribution in [-0.2, 0) is 42.8 Å². The number of nitrogens with one attached hydrogen (secondary N) is 2. The molecule has 348 valence electrons. The Morgan fingerprint density at radius 1 is 0.937 bits per heavy atom. The SMILES string of the molecule is CCCCCCCCCCCCCCCC(=O)Oc1ccccc1C(=O)OCC1CCC(N2CNc3c(NC(=O)OC(C)(C)CC(=O)OC/C(OC=O)=C(\C)OC)nc(Cl)nc32)O1. The summed E-state index contributed by atoms with van der Waals surface area (Å²) in [7, 11) is 1.37. The van der Waals surface area contributed by atoms with Crippen molar-refractivity contribution in [2.24, 2.45) is 0 Å². The van der Waals surface area contributed by atoms with Gasteiger partial charge in [-0.05, 0) is 63.8 Å². The zero-order chi connectivity index (χ0) is 45.6. The van der Waals surface area contributed by atoms with Crippen LogP contribution in [0, 0.1) is 0 Å². The van der Waals surface area contributed by atoms with Gasteiger partial charge in [0.05, 0.1) is 26.3 Å². The maximum Gasteiger partial charge on any atom is 0.413 e. The van der Waals surface area contributed by atoms with Crippen molar-refractivity contribution in [2.45, 2.75) is 155 Å². The number of esters is 3. The fourth-order valence-corrected chi connectivity index (χ4v) is 7.34. The van der Waals surface area contributed by atoms with Crippen LogP contribution in [0.4, 0.5) is 22.1 Å². The highest BCUT2D eigenvalue weighted by Crippen LogP contribution is 2.40. The lowest BCUT2D eigenvalue weighted by Gasteiger charge is -2.25. The van der Waals surface area contributed by atoms with Crippen LogP contribution in [0.25, 0.3) is 0 Å². The number of allylic oxidation sites excluding steroid dienone is 1. The Balaban J connectivity index is 1.19. The molecule has 0 radical (unpaired) electrons. The van der Waals surface area contributed by atoms with E-state index >= 15 is 0 Å². The number of carbonyl (C=O) groups excluding carboxylic acids is 5. The smallest absolute Gasteiger partial charge is 0.413 e. The molecule has 2 aliphatic rings. The third-order valence-electron chi connectivity index (χ3n) is 10.6. The van der Waals surface area contributed by atoms with Gasteiger partial charge in [-0.2, -0.15) is 9.97 Å². The molecule has 63 heavy (non-hydrogen) atoms.